The van der Waals surface area contributed by atoms with E-state index in [0.29, 0.717) is 17.5 Å². The topological polar surface area (TPSA) is 65.0 Å². The van der Waals surface area contributed by atoms with Gasteiger partial charge in [0.1, 0.15) is 22.3 Å². The predicted molar refractivity (Wildman–Crippen MR) is 202 cm³/mol. The average molecular weight is 642 g/mol. The lowest BCUT2D eigenvalue weighted by Gasteiger charge is -2.09. The Kier molecular flexibility index (Phi) is 6.42. The summed E-state index contributed by atoms with van der Waals surface area (Å²) in [6.07, 6.45) is 0. The lowest BCUT2D eigenvalue weighted by molar-refractivity contribution is 0.669. The van der Waals surface area contributed by atoms with E-state index in [1.54, 1.807) is 0 Å². The fourth-order valence-corrected chi connectivity index (χ4v) is 7.01. The van der Waals surface area contributed by atoms with E-state index in [9.17, 15) is 0 Å². The van der Waals surface area contributed by atoms with Gasteiger partial charge in [-0.05, 0) is 35.4 Å². The van der Waals surface area contributed by atoms with E-state index in [-0.39, 0.29) is 0 Å². The normalized spacial score (nSPS) is 11.6. The largest absolute Gasteiger partial charge is 0.455 e. The smallest absolute Gasteiger partial charge is 0.164 e. The van der Waals surface area contributed by atoms with Crippen LogP contribution < -0.4 is 0 Å². The first-order valence-corrected chi connectivity index (χ1v) is 16.6. The third-order valence-electron chi connectivity index (χ3n) is 9.34. The van der Waals surface area contributed by atoms with Crippen LogP contribution in [-0.4, -0.2) is 15.0 Å². The highest BCUT2D eigenvalue weighted by molar-refractivity contribution is 6.16. The summed E-state index contributed by atoms with van der Waals surface area (Å²) in [5.74, 6) is 1.83. The summed E-state index contributed by atoms with van der Waals surface area (Å²) < 4.78 is 13.2. The van der Waals surface area contributed by atoms with Gasteiger partial charge in [-0.1, -0.05) is 140 Å². The summed E-state index contributed by atoms with van der Waals surface area (Å²) in [7, 11) is 0. The molecule has 0 N–H and O–H groups in total. The molecule has 0 saturated heterocycles. The molecule has 0 bridgehead atoms. The molecule has 7 aromatic carbocycles. The Hall–Kier alpha value is -6.85. The second-order valence-electron chi connectivity index (χ2n) is 12.4. The van der Waals surface area contributed by atoms with Gasteiger partial charge in [0.2, 0.25) is 0 Å². The molecule has 0 spiro atoms. The highest BCUT2D eigenvalue weighted by Crippen LogP contribution is 2.44. The summed E-state index contributed by atoms with van der Waals surface area (Å²) in [6, 6.07) is 55.6. The zero-order valence-corrected chi connectivity index (χ0v) is 26.7. The minimum Gasteiger partial charge on any atom is -0.455 e. The first kappa shape index (κ1) is 28.2. The Bertz CT molecular complexity index is 2800. The van der Waals surface area contributed by atoms with Crippen molar-refractivity contribution in [2.75, 3.05) is 0 Å². The van der Waals surface area contributed by atoms with E-state index < -0.39 is 0 Å². The molecule has 3 aromatic heterocycles. The average Bonchev–Trinajstić information content (AvgIpc) is 3.77. The van der Waals surface area contributed by atoms with Crippen LogP contribution in [0.5, 0.6) is 0 Å². The second-order valence-corrected chi connectivity index (χ2v) is 12.4. The van der Waals surface area contributed by atoms with Gasteiger partial charge in [-0.2, -0.15) is 0 Å². The molecule has 234 valence electrons. The van der Waals surface area contributed by atoms with Gasteiger partial charge in [0.25, 0.3) is 0 Å². The van der Waals surface area contributed by atoms with Crippen LogP contribution in [0.4, 0.5) is 0 Å². The van der Waals surface area contributed by atoms with Gasteiger partial charge < -0.3 is 8.83 Å². The number of fused-ring (bicyclic) bond motifs is 6. The summed E-state index contributed by atoms with van der Waals surface area (Å²) in [5, 5.41) is 4.11. The molecule has 0 aliphatic heterocycles. The quantitative estimate of drug-likeness (QED) is 0.187. The van der Waals surface area contributed by atoms with E-state index in [1.165, 1.54) is 0 Å². The monoisotopic (exact) mass is 641 g/mol. The van der Waals surface area contributed by atoms with Crippen LogP contribution in [0.2, 0.25) is 0 Å². The van der Waals surface area contributed by atoms with Crippen LogP contribution in [0, 0.1) is 0 Å². The fourth-order valence-electron chi connectivity index (χ4n) is 7.01. The maximum absolute atomic E-state index is 6.76. The summed E-state index contributed by atoms with van der Waals surface area (Å²) in [5.41, 5.74) is 10.2. The number of nitrogens with zero attached hydrogens (tertiary/aromatic N) is 3. The van der Waals surface area contributed by atoms with Crippen molar-refractivity contribution in [3.05, 3.63) is 164 Å². The van der Waals surface area contributed by atoms with E-state index in [4.69, 9.17) is 23.8 Å². The third kappa shape index (κ3) is 4.60. The van der Waals surface area contributed by atoms with Gasteiger partial charge in [0.15, 0.2) is 17.5 Å². The molecular formula is C45H27N3O2. The molecule has 0 aliphatic rings. The van der Waals surface area contributed by atoms with Gasteiger partial charge >= 0.3 is 0 Å². The van der Waals surface area contributed by atoms with Gasteiger partial charge in [-0.25, -0.2) is 15.0 Å². The zero-order chi connectivity index (χ0) is 33.0. The highest BCUT2D eigenvalue weighted by Gasteiger charge is 2.21. The number of hydrogen-bond acceptors (Lipinski definition) is 5. The van der Waals surface area contributed by atoms with Crippen molar-refractivity contribution in [3.63, 3.8) is 0 Å². The first-order chi connectivity index (χ1) is 24.8. The van der Waals surface area contributed by atoms with Crippen LogP contribution in [0.15, 0.2) is 173 Å². The van der Waals surface area contributed by atoms with Crippen molar-refractivity contribution in [2.24, 2.45) is 0 Å². The van der Waals surface area contributed by atoms with E-state index in [0.717, 1.165) is 82.8 Å². The van der Waals surface area contributed by atoms with Crippen molar-refractivity contribution in [2.45, 2.75) is 0 Å². The number of aromatic nitrogens is 3. The van der Waals surface area contributed by atoms with Gasteiger partial charge in [0, 0.05) is 49.4 Å². The summed E-state index contributed by atoms with van der Waals surface area (Å²) in [6.45, 7) is 0. The number of rotatable bonds is 5. The Labute approximate surface area is 287 Å². The molecule has 0 fully saturated rings. The minimum atomic E-state index is 0.592. The molecule has 0 aliphatic carbocycles. The first-order valence-electron chi connectivity index (χ1n) is 16.6. The zero-order valence-electron chi connectivity index (χ0n) is 26.7. The van der Waals surface area contributed by atoms with Crippen molar-refractivity contribution < 1.29 is 8.83 Å². The second kappa shape index (κ2) is 11.4. The molecule has 0 atom stereocenters. The Morgan fingerprint density at radius 2 is 0.840 bits per heavy atom. The van der Waals surface area contributed by atoms with E-state index in [1.807, 2.05) is 91.0 Å². The molecular weight excluding hydrogens is 615 g/mol. The number of para-hydroxylation sites is 2. The van der Waals surface area contributed by atoms with Gasteiger partial charge in [-0.15, -0.1) is 0 Å². The van der Waals surface area contributed by atoms with Crippen molar-refractivity contribution in [1.82, 2.24) is 15.0 Å². The fraction of sp³-hybridized carbons (Fsp3) is 0. The van der Waals surface area contributed by atoms with Crippen LogP contribution in [0.1, 0.15) is 0 Å². The molecule has 5 nitrogen and oxygen atoms in total. The third-order valence-corrected chi connectivity index (χ3v) is 9.34. The number of hydrogen-bond donors (Lipinski definition) is 0. The van der Waals surface area contributed by atoms with Crippen molar-refractivity contribution in [1.29, 1.82) is 0 Å². The van der Waals surface area contributed by atoms with Crippen molar-refractivity contribution >= 4 is 43.9 Å². The van der Waals surface area contributed by atoms with Crippen LogP contribution in [-0.2, 0) is 0 Å². The Morgan fingerprint density at radius 1 is 0.320 bits per heavy atom. The minimum absolute atomic E-state index is 0.592. The molecule has 10 aromatic rings. The maximum Gasteiger partial charge on any atom is 0.164 e. The molecule has 50 heavy (non-hydrogen) atoms. The maximum atomic E-state index is 6.76. The standard InChI is InChI=1S/C45H27N3O2/c1-4-14-28(15-5-1)36-26-31(27-37-33-20-10-11-24-38(33)49-42(36)37)32-21-12-22-34-40-35(23-13-25-39(40)50-41(32)34)45-47-43(29-16-6-2-7-17-29)46-44(48-45)30-18-8-3-9-19-30/h1-27H. The lowest BCUT2D eigenvalue weighted by atomic mass is 9.94. The molecule has 0 radical (unpaired) electrons. The van der Waals surface area contributed by atoms with Crippen LogP contribution in [0.3, 0.4) is 0 Å². The Morgan fingerprint density at radius 3 is 1.56 bits per heavy atom. The summed E-state index contributed by atoms with van der Waals surface area (Å²) >= 11 is 0. The molecule has 0 unspecified atom stereocenters. The molecule has 3 heterocycles. The molecule has 10 rings (SSSR count). The number of furan rings is 2. The molecule has 5 heteroatoms. The molecule has 0 saturated carbocycles. The van der Waals surface area contributed by atoms with E-state index in [2.05, 4.69) is 72.8 Å². The van der Waals surface area contributed by atoms with E-state index >= 15 is 0 Å². The van der Waals surface area contributed by atoms with Crippen LogP contribution in [0.25, 0.3) is 100 Å². The number of benzene rings is 7. The lowest BCUT2D eigenvalue weighted by Crippen LogP contribution is -2.00. The van der Waals surface area contributed by atoms with Crippen LogP contribution >= 0.6 is 0 Å². The van der Waals surface area contributed by atoms with Crippen molar-refractivity contribution in [3.8, 4) is 56.4 Å². The van der Waals surface area contributed by atoms with Gasteiger partial charge in [0.05, 0.1) is 0 Å². The Balaban J connectivity index is 1.21. The predicted octanol–water partition coefficient (Wildman–Crippen LogP) is 12.0. The van der Waals surface area contributed by atoms with Gasteiger partial charge in [-0.3, -0.25) is 0 Å². The highest BCUT2D eigenvalue weighted by atomic mass is 16.3. The molecule has 0 amide bonds. The summed E-state index contributed by atoms with van der Waals surface area (Å²) in [4.78, 5) is 15.0. The SMILES string of the molecule is c1ccc(-c2nc(-c3ccccc3)nc(-c3cccc4oc5c(-c6cc(-c7ccccc7)c7oc8ccccc8c7c6)cccc5c34)n2)cc1.